The maximum Gasteiger partial charge on any atom is 0.223 e. The quantitative estimate of drug-likeness (QED) is 0.779. The van der Waals surface area contributed by atoms with Crippen molar-refractivity contribution in [3.63, 3.8) is 0 Å². The number of fused-ring (bicyclic) bond motifs is 1. The summed E-state index contributed by atoms with van der Waals surface area (Å²) in [6.45, 7) is 4.84. The first-order valence-corrected chi connectivity index (χ1v) is 6.75. The van der Waals surface area contributed by atoms with Crippen molar-refractivity contribution in [1.29, 1.82) is 0 Å². The fourth-order valence-corrected chi connectivity index (χ4v) is 2.20. The van der Waals surface area contributed by atoms with Crippen LogP contribution >= 0.6 is 0 Å². The summed E-state index contributed by atoms with van der Waals surface area (Å²) >= 11 is 0. The molecule has 1 N–H and O–H groups in total. The van der Waals surface area contributed by atoms with Crippen LogP contribution in [-0.4, -0.2) is 9.97 Å². The summed E-state index contributed by atoms with van der Waals surface area (Å²) in [5.41, 5.74) is 4.48. The second kappa shape index (κ2) is 5.29. The van der Waals surface area contributed by atoms with Gasteiger partial charge >= 0.3 is 0 Å². The van der Waals surface area contributed by atoms with Crippen molar-refractivity contribution in [1.82, 2.24) is 9.97 Å². The monoisotopic (exact) mass is 263 g/mol. The van der Waals surface area contributed by atoms with Crippen molar-refractivity contribution in [3.8, 4) is 0 Å². The van der Waals surface area contributed by atoms with Gasteiger partial charge in [-0.3, -0.25) is 0 Å². The third kappa shape index (κ3) is 2.62. The Bertz CT molecular complexity index is 733. The van der Waals surface area contributed by atoms with Gasteiger partial charge in [-0.05, 0) is 25.5 Å². The third-order valence-electron chi connectivity index (χ3n) is 3.37. The van der Waals surface area contributed by atoms with Crippen LogP contribution in [-0.2, 0) is 6.54 Å². The molecule has 0 aliphatic heterocycles. The van der Waals surface area contributed by atoms with E-state index in [0.29, 0.717) is 5.95 Å². The van der Waals surface area contributed by atoms with E-state index in [1.807, 2.05) is 25.1 Å². The van der Waals surface area contributed by atoms with Crippen LogP contribution in [0.4, 0.5) is 5.95 Å². The smallest absolute Gasteiger partial charge is 0.223 e. The number of benzene rings is 2. The van der Waals surface area contributed by atoms with Crippen LogP contribution in [0.25, 0.3) is 10.9 Å². The molecule has 0 amide bonds. The average molecular weight is 263 g/mol. The number of para-hydroxylation sites is 1. The SMILES string of the molecule is Cc1ccc(CNc2nc(C)c3ccccc3n2)cc1. The van der Waals surface area contributed by atoms with Gasteiger partial charge in [-0.1, -0.05) is 48.0 Å². The zero-order chi connectivity index (χ0) is 13.9. The molecule has 3 nitrogen and oxygen atoms in total. The molecule has 1 aromatic heterocycles. The molecule has 0 fully saturated rings. The molecule has 0 unspecified atom stereocenters. The molecule has 20 heavy (non-hydrogen) atoms. The normalized spacial score (nSPS) is 10.7. The lowest BCUT2D eigenvalue weighted by molar-refractivity contribution is 1.05. The van der Waals surface area contributed by atoms with Crippen molar-refractivity contribution in [2.45, 2.75) is 20.4 Å². The highest BCUT2D eigenvalue weighted by molar-refractivity contribution is 5.81. The Kier molecular flexibility index (Phi) is 3.33. The molecule has 0 saturated heterocycles. The van der Waals surface area contributed by atoms with Crippen LogP contribution in [0.1, 0.15) is 16.8 Å². The van der Waals surface area contributed by atoms with E-state index in [9.17, 15) is 0 Å². The van der Waals surface area contributed by atoms with Gasteiger partial charge in [0, 0.05) is 11.9 Å². The molecule has 100 valence electrons. The number of nitrogens with one attached hydrogen (secondary N) is 1. The van der Waals surface area contributed by atoms with E-state index < -0.39 is 0 Å². The zero-order valence-electron chi connectivity index (χ0n) is 11.7. The summed E-state index contributed by atoms with van der Waals surface area (Å²) in [5, 5.41) is 4.40. The molecular formula is C17H17N3. The highest BCUT2D eigenvalue weighted by Crippen LogP contribution is 2.17. The Balaban J connectivity index is 1.82. The average Bonchev–Trinajstić information content (AvgIpc) is 2.47. The lowest BCUT2D eigenvalue weighted by Gasteiger charge is -2.08. The molecule has 1 heterocycles. The fourth-order valence-electron chi connectivity index (χ4n) is 2.20. The van der Waals surface area contributed by atoms with E-state index in [-0.39, 0.29) is 0 Å². The second-order valence-electron chi connectivity index (χ2n) is 4.99. The summed E-state index contributed by atoms with van der Waals surface area (Å²) in [7, 11) is 0. The van der Waals surface area contributed by atoms with Gasteiger partial charge in [0.05, 0.1) is 11.2 Å². The number of aryl methyl sites for hydroxylation is 2. The van der Waals surface area contributed by atoms with Crippen molar-refractivity contribution < 1.29 is 0 Å². The molecule has 0 aliphatic carbocycles. The molecule has 0 spiro atoms. The topological polar surface area (TPSA) is 37.8 Å². The molecule has 0 saturated carbocycles. The highest BCUT2D eigenvalue weighted by atomic mass is 15.1. The standard InChI is InChI=1S/C17H17N3/c1-12-7-9-14(10-8-12)11-18-17-19-13(2)15-5-3-4-6-16(15)20-17/h3-10H,11H2,1-2H3,(H,18,19,20). The zero-order valence-corrected chi connectivity index (χ0v) is 11.7. The van der Waals surface area contributed by atoms with E-state index in [1.165, 1.54) is 11.1 Å². The van der Waals surface area contributed by atoms with Gasteiger partial charge in [-0.25, -0.2) is 9.97 Å². The van der Waals surface area contributed by atoms with Crippen molar-refractivity contribution >= 4 is 16.9 Å². The first kappa shape index (κ1) is 12.6. The minimum Gasteiger partial charge on any atom is -0.350 e. The molecule has 0 radical (unpaired) electrons. The van der Waals surface area contributed by atoms with Crippen LogP contribution in [0.3, 0.4) is 0 Å². The van der Waals surface area contributed by atoms with Crippen LogP contribution in [0.15, 0.2) is 48.5 Å². The lowest BCUT2D eigenvalue weighted by Crippen LogP contribution is -2.04. The molecule has 0 atom stereocenters. The number of nitrogens with zero attached hydrogens (tertiary/aromatic N) is 2. The number of aromatic nitrogens is 2. The van der Waals surface area contributed by atoms with Gasteiger partial charge in [0.2, 0.25) is 5.95 Å². The maximum atomic E-state index is 4.55. The minimum absolute atomic E-state index is 0.682. The van der Waals surface area contributed by atoms with E-state index in [2.05, 4.69) is 52.5 Å². The first-order valence-electron chi connectivity index (χ1n) is 6.75. The van der Waals surface area contributed by atoms with Gasteiger partial charge in [0.1, 0.15) is 0 Å². The molecule has 0 aliphatic rings. The van der Waals surface area contributed by atoms with E-state index in [1.54, 1.807) is 0 Å². The van der Waals surface area contributed by atoms with E-state index >= 15 is 0 Å². The van der Waals surface area contributed by atoms with Gasteiger partial charge in [-0.2, -0.15) is 0 Å². The van der Waals surface area contributed by atoms with Gasteiger partial charge in [0.25, 0.3) is 0 Å². The first-order chi connectivity index (χ1) is 9.72. The number of hydrogen-bond donors (Lipinski definition) is 1. The summed E-state index contributed by atoms with van der Waals surface area (Å²) < 4.78 is 0. The maximum absolute atomic E-state index is 4.55. The van der Waals surface area contributed by atoms with Gasteiger partial charge in [0.15, 0.2) is 0 Å². The Morgan fingerprint density at radius 2 is 1.65 bits per heavy atom. The van der Waals surface area contributed by atoms with Crippen LogP contribution < -0.4 is 5.32 Å². The second-order valence-corrected chi connectivity index (χ2v) is 4.99. The number of rotatable bonds is 3. The molecule has 0 bridgehead atoms. The Morgan fingerprint density at radius 1 is 0.900 bits per heavy atom. The van der Waals surface area contributed by atoms with Crippen molar-refractivity contribution in [3.05, 3.63) is 65.4 Å². The molecule has 3 rings (SSSR count). The van der Waals surface area contributed by atoms with Crippen molar-refractivity contribution in [2.75, 3.05) is 5.32 Å². The predicted octanol–water partition coefficient (Wildman–Crippen LogP) is 3.86. The van der Waals surface area contributed by atoms with E-state index in [0.717, 1.165) is 23.1 Å². The third-order valence-corrected chi connectivity index (χ3v) is 3.37. The minimum atomic E-state index is 0.682. The highest BCUT2D eigenvalue weighted by Gasteiger charge is 2.03. The van der Waals surface area contributed by atoms with Crippen LogP contribution in [0.2, 0.25) is 0 Å². The van der Waals surface area contributed by atoms with Gasteiger partial charge < -0.3 is 5.32 Å². The summed E-state index contributed by atoms with van der Waals surface area (Å²) in [5.74, 6) is 0.682. The summed E-state index contributed by atoms with van der Waals surface area (Å²) in [4.78, 5) is 9.06. The molecule has 3 heteroatoms. The Labute approximate surface area is 118 Å². The lowest BCUT2D eigenvalue weighted by atomic mass is 10.1. The summed E-state index contributed by atoms with van der Waals surface area (Å²) in [6.07, 6.45) is 0. The van der Waals surface area contributed by atoms with E-state index in [4.69, 9.17) is 0 Å². The Morgan fingerprint density at radius 3 is 2.45 bits per heavy atom. The molecular weight excluding hydrogens is 246 g/mol. The Hall–Kier alpha value is -2.42. The van der Waals surface area contributed by atoms with Gasteiger partial charge in [-0.15, -0.1) is 0 Å². The number of hydrogen-bond acceptors (Lipinski definition) is 3. The largest absolute Gasteiger partial charge is 0.350 e. The summed E-state index contributed by atoms with van der Waals surface area (Å²) in [6, 6.07) is 16.5. The van der Waals surface area contributed by atoms with Crippen molar-refractivity contribution in [2.24, 2.45) is 0 Å². The number of anilines is 1. The van der Waals surface area contributed by atoms with Crippen LogP contribution in [0.5, 0.6) is 0 Å². The molecule has 2 aromatic carbocycles. The fraction of sp³-hybridized carbons (Fsp3) is 0.176. The molecule has 3 aromatic rings. The predicted molar refractivity (Wildman–Crippen MR) is 82.8 cm³/mol. The van der Waals surface area contributed by atoms with Crippen LogP contribution in [0, 0.1) is 13.8 Å².